The summed E-state index contributed by atoms with van der Waals surface area (Å²) in [5, 5.41) is 0. The summed E-state index contributed by atoms with van der Waals surface area (Å²) in [7, 11) is 0. The van der Waals surface area contributed by atoms with Crippen LogP contribution in [-0.4, -0.2) is 29.6 Å². The zero-order valence-corrected chi connectivity index (χ0v) is 9.93. The second-order valence-corrected chi connectivity index (χ2v) is 4.60. The summed E-state index contributed by atoms with van der Waals surface area (Å²) in [6.07, 6.45) is 5.76. The molecule has 0 N–H and O–H groups in total. The molecule has 1 fully saturated rings. The Morgan fingerprint density at radius 1 is 1.43 bits per heavy atom. The Kier molecular flexibility index (Phi) is 5.38. The maximum Gasteiger partial charge on any atom is 0.225 e. The van der Waals surface area contributed by atoms with Crippen molar-refractivity contribution in [2.24, 2.45) is 5.92 Å². The molecule has 1 aliphatic heterocycles. The molecule has 1 saturated heterocycles. The Morgan fingerprint density at radius 2 is 2.21 bits per heavy atom. The van der Waals surface area contributed by atoms with Gasteiger partial charge in [-0.05, 0) is 31.4 Å². The average Bonchev–Trinajstić information content (AvgIpc) is 2.19. The van der Waals surface area contributed by atoms with E-state index in [9.17, 15) is 4.79 Å². The summed E-state index contributed by atoms with van der Waals surface area (Å²) in [5.74, 6) is 1.58. The van der Waals surface area contributed by atoms with E-state index in [2.05, 4.69) is 12.6 Å². The first-order chi connectivity index (χ1) is 6.75. The smallest absolute Gasteiger partial charge is 0.225 e. The number of hydrogen-bond acceptors (Lipinski definition) is 2. The van der Waals surface area contributed by atoms with Gasteiger partial charge in [-0.1, -0.05) is 13.3 Å². The van der Waals surface area contributed by atoms with Crippen LogP contribution in [0.5, 0.6) is 0 Å². The predicted octanol–water partition coefficient (Wildman–Crippen LogP) is 2.35. The number of carbonyl (C=O) groups is 1. The van der Waals surface area contributed by atoms with Crippen molar-refractivity contribution in [3.63, 3.8) is 0 Å². The van der Waals surface area contributed by atoms with Crippen LogP contribution in [0.1, 0.15) is 39.0 Å². The van der Waals surface area contributed by atoms with Crippen LogP contribution in [0.25, 0.3) is 0 Å². The fraction of sp³-hybridized carbons (Fsp3) is 0.909. The van der Waals surface area contributed by atoms with Crippen LogP contribution in [0.15, 0.2) is 0 Å². The molecule has 1 rings (SSSR count). The summed E-state index contributed by atoms with van der Waals surface area (Å²) in [4.78, 5) is 13.7. The maximum absolute atomic E-state index is 11.7. The standard InChI is InChI=1S/C11H21NOS/c1-10-6-5-8-12(11(10)13)7-3-2-4-9-14/h10,14H,2-9H2,1H3. The zero-order chi connectivity index (χ0) is 10.4. The lowest BCUT2D eigenvalue weighted by Gasteiger charge is -2.30. The van der Waals surface area contributed by atoms with Crippen molar-refractivity contribution in [2.75, 3.05) is 18.8 Å². The van der Waals surface area contributed by atoms with Crippen LogP contribution in [-0.2, 0) is 4.79 Å². The first kappa shape index (κ1) is 11.9. The Bertz CT molecular complexity index is 184. The minimum absolute atomic E-state index is 0.258. The predicted molar refractivity (Wildman–Crippen MR) is 62.7 cm³/mol. The molecule has 0 radical (unpaired) electrons. The Hall–Kier alpha value is -0.180. The molecular formula is C11H21NOS. The number of piperidine rings is 1. The molecule has 82 valence electrons. The molecule has 0 spiro atoms. The third kappa shape index (κ3) is 3.52. The van der Waals surface area contributed by atoms with E-state index >= 15 is 0 Å². The van der Waals surface area contributed by atoms with Crippen LogP contribution >= 0.6 is 12.6 Å². The van der Waals surface area contributed by atoms with Crippen molar-refractivity contribution < 1.29 is 4.79 Å². The van der Waals surface area contributed by atoms with Crippen molar-refractivity contribution >= 4 is 18.5 Å². The minimum atomic E-state index is 0.258. The van der Waals surface area contributed by atoms with Crippen molar-refractivity contribution in [1.29, 1.82) is 0 Å². The molecule has 0 aliphatic carbocycles. The van der Waals surface area contributed by atoms with Gasteiger partial charge in [0.25, 0.3) is 0 Å². The lowest BCUT2D eigenvalue weighted by atomic mass is 9.99. The molecule has 0 saturated carbocycles. The van der Waals surface area contributed by atoms with E-state index in [1.54, 1.807) is 0 Å². The third-order valence-electron chi connectivity index (χ3n) is 2.88. The van der Waals surface area contributed by atoms with Crippen molar-refractivity contribution in [1.82, 2.24) is 4.90 Å². The van der Waals surface area contributed by atoms with Gasteiger partial charge in [0.15, 0.2) is 0 Å². The molecule has 2 nitrogen and oxygen atoms in total. The molecule has 1 heterocycles. The molecule has 1 atom stereocenters. The number of thiol groups is 1. The highest BCUT2D eigenvalue weighted by Gasteiger charge is 2.23. The van der Waals surface area contributed by atoms with Crippen LogP contribution in [0.2, 0.25) is 0 Å². The van der Waals surface area contributed by atoms with E-state index in [4.69, 9.17) is 0 Å². The van der Waals surface area contributed by atoms with Gasteiger partial charge in [0, 0.05) is 19.0 Å². The Labute approximate surface area is 92.5 Å². The minimum Gasteiger partial charge on any atom is -0.342 e. The monoisotopic (exact) mass is 215 g/mol. The van der Waals surface area contributed by atoms with E-state index in [-0.39, 0.29) is 5.92 Å². The lowest BCUT2D eigenvalue weighted by Crippen LogP contribution is -2.40. The van der Waals surface area contributed by atoms with E-state index < -0.39 is 0 Å². The Balaban J connectivity index is 2.19. The van der Waals surface area contributed by atoms with Gasteiger partial charge >= 0.3 is 0 Å². The second kappa shape index (κ2) is 6.33. The molecule has 0 aromatic heterocycles. The van der Waals surface area contributed by atoms with Crippen molar-refractivity contribution in [3.8, 4) is 0 Å². The van der Waals surface area contributed by atoms with Crippen LogP contribution in [0.4, 0.5) is 0 Å². The summed E-state index contributed by atoms with van der Waals surface area (Å²) >= 11 is 4.17. The first-order valence-corrected chi connectivity index (χ1v) is 6.28. The number of amides is 1. The van der Waals surface area contributed by atoms with Gasteiger partial charge in [-0.15, -0.1) is 0 Å². The molecule has 3 heteroatoms. The topological polar surface area (TPSA) is 20.3 Å². The van der Waals surface area contributed by atoms with Gasteiger partial charge in [0.1, 0.15) is 0 Å². The van der Waals surface area contributed by atoms with E-state index in [0.29, 0.717) is 5.91 Å². The Morgan fingerprint density at radius 3 is 2.93 bits per heavy atom. The summed E-state index contributed by atoms with van der Waals surface area (Å²) in [6, 6.07) is 0. The normalized spacial score (nSPS) is 22.9. The molecule has 1 aliphatic rings. The summed E-state index contributed by atoms with van der Waals surface area (Å²) in [5.41, 5.74) is 0. The summed E-state index contributed by atoms with van der Waals surface area (Å²) < 4.78 is 0. The van der Waals surface area contributed by atoms with Crippen LogP contribution in [0.3, 0.4) is 0 Å². The highest BCUT2D eigenvalue weighted by Crippen LogP contribution is 2.17. The van der Waals surface area contributed by atoms with Crippen LogP contribution in [0, 0.1) is 5.92 Å². The van der Waals surface area contributed by atoms with Crippen LogP contribution < -0.4 is 0 Å². The number of hydrogen-bond donors (Lipinski definition) is 1. The number of carbonyl (C=O) groups excluding carboxylic acids is 1. The molecule has 0 aromatic carbocycles. The van der Waals surface area contributed by atoms with Gasteiger partial charge in [0.2, 0.25) is 5.91 Å². The fourth-order valence-corrected chi connectivity index (χ4v) is 2.17. The SMILES string of the molecule is CC1CCCN(CCCCCS)C1=O. The van der Waals surface area contributed by atoms with Gasteiger partial charge in [-0.2, -0.15) is 12.6 Å². The largest absolute Gasteiger partial charge is 0.342 e. The average molecular weight is 215 g/mol. The first-order valence-electron chi connectivity index (χ1n) is 5.65. The molecule has 0 bridgehead atoms. The highest BCUT2D eigenvalue weighted by atomic mass is 32.1. The number of rotatable bonds is 5. The molecule has 14 heavy (non-hydrogen) atoms. The van der Waals surface area contributed by atoms with Crippen molar-refractivity contribution in [2.45, 2.75) is 39.0 Å². The van der Waals surface area contributed by atoms with Crippen molar-refractivity contribution in [3.05, 3.63) is 0 Å². The molecule has 0 aromatic rings. The van der Waals surface area contributed by atoms with E-state index in [1.807, 2.05) is 11.8 Å². The maximum atomic E-state index is 11.7. The lowest BCUT2D eigenvalue weighted by molar-refractivity contribution is -0.137. The van der Waals surface area contributed by atoms with Gasteiger partial charge in [-0.25, -0.2) is 0 Å². The highest BCUT2D eigenvalue weighted by molar-refractivity contribution is 7.80. The van der Waals surface area contributed by atoms with Gasteiger partial charge in [-0.3, -0.25) is 4.79 Å². The molecule has 1 unspecified atom stereocenters. The van der Waals surface area contributed by atoms with E-state index in [0.717, 1.165) is 31.7 Å². The molecular weight excluding hydrogens is 194 g/mol. The van der Waals surface area contributed by atoms with Gasteiger partial charge < -0.3 is 4.90 Å². The molecule has 1 amide bonds. The number of likely N-dealkylation sites (tertiary alicyclic amines) is 1. The van der Waals surface area contributed by atoms with E-state index in [1.165, 1.54) is 19.3 Å². The fourth-order valence-electron chi connectivity index (χ4n) is 1.95. The number of unbranched alkanes of at least 4 members (excludes halogenated alkanes) is 2. The zero-order valence-electron chi connectivity index (χ0n) is 9.04. The third-order valence-corrected chi connectivity index (χ3v) is 3.20. The van der Waals surface area contributed by atoms with Gasteiger partial charge in [0.05, 0.1) is 0 Å². The summed E-state index contributed by atoms with van der Waals surface area (Å²) in [6.45, 7) is 3.98. The quantitative estimate of drug-likeness (QED) is 0.551. The number of nitrogens with zero attached hydrogens (tertiary/aromatic N) is 1. The second-order valence-electron chi connectivity index (χ2n) is 4.15.